The van der Waals surface area contributed by atoms with E-state index in [-0.39, 0.29) is 6.10 Å². The number of benzene rings is 1. The molecule has 9 heteroatoms. The smallest absolute Gasteiger partial charge is 0.490 e. The Hall–Kier alpha value is -1.84. The number of methoxy groups -OCH3 is 1. The average molecular weight is 431 g/mol. The Labute approximate surface area is 173 Å². The summed E-state index contributed by atoms with van der Waals surface area (Å²) in [6.45, 7) is 3.67. The van der Waals surface area contributed by atoms with Gasteiger partial charge in [-0.15, -0.1) is 0 Å². The molecule has 0 aromatic heterocycles. The Morgan fingerprint density at radius 1 is 1.23 bits per heavy atom. The minimum Gasteiger partial charge on any atom is -0.496 e. The predicted octanol–water partition coefficient (Wildman–Crippen LogP) is 3.49. The third-order valence-electron chi connectivity index (χ3n) is 5.70. The number of ether oxygens (including phenoxy) is 3. The van der Waals surface area contributed by atoms with Crippen LogP contribution in [0.1, 0.15) is 31.2 Å². The quantitative estimate of drug-likeness (QED) is 0.744. The van der Waals surface area contributed by atoms with Gasteiger partial charge in [-0.3, -0.25) is 4.90 Å². The number of carbonyl (C=O) groups is 1. The summed E-state index contributed by atoms with van der Waals surface area (Å²) in [5, 5.41) is 7.12. The molecule has 6 nitrogen and oxygen atoms in total. The zero-order valence-electron chi connectivity index (χ0n) is 16.9. The van der Waals surface area contributed by atoms with Gasteiger partial charge in [0.05, 0.1) is 25.9 Å². The van der Waals surface area contributed by atoms with Gasteiger partial charge in [0.1, 0.15) is 5.75 Å². The standard InChI is InChI=1S/C19H27NO3.C2HF3O2/c1-21-17-5-3-2-4-15(17)12-20-10-11-22-19-16(20)8-9-18(19)23-13-14-6-7-14;3-2(4,5)1(6)7/h2-5,14,16,18-19H,6-13H2,1H3;(H,6,7)/t16-,18-,19+;/m0./s1. The maximum atomic E-state index is 10.6. The number of rotatable bonds is 6. The van der Waals surface area contributed by atoms with Crippen LogP contribution < -0.4 is 4.74 Å². The largest absolute Gasteiger partial charge is 0.496 e. The highest BCUT2D eigenvalue weighted by molar-refractivity contribution is 5.73. The van der Waals surface area contributed by atoms with Gasteiger partial charge in [0, 0.05) is 31.3 Å². The molecule has 0 spiro atoms. The second kappa shape index (κ2) is 9.98. The molecule has 3 atom stereocenters. The van der Waals surface area contributed by atoms with Gasteiger partial charge >= 0.3 is 12.1 Å². The highest BCUT2D eigenvalue weighted by Crippen LogP contribution is 2.36. The highest BCUT2D eigenvalue weighted by atomic mass is 19.4. The van der Waals surface area contributed by atoms with Crippen molar-refractivity contribution in [2.45, 2.75) is 56.7 Å². The van der Waals surface area contributed by atoms with E-state index in [1.54, 1.807) is 7.11 Å². The molecule has 0 amide bonds. The van der Waals surface area contributed by atoms with Crippen LogP contribution in [0.4, 0.5) is 13.2 Å². The van der Waals surface area contributed by atoms with Crippen molar-refractivity contribution in [2.24, 2.45) is 5.92 Å². The van der Waals surface area contributed by atoms with Crippen LogP contribution >= 0.6 is 0 Å². The predicted molar refractivity (Wildman–Crippen MR) is 102 cm³/mol. The average Bonchev–Trinajstić information content (AvgIpc) is 3.45. The van der Waals surface area contributed by atoms with Crippen LogP contribution in [0.3, 0.4) is 0 Å². The third kappa shape index (κ3) is 6.09. The minimum absolute atomic E-state index is 0.247. The molecule has 1 saturated heterocycles. The molecule has 1 heterocycles. The zero-order chi connectivity index (χ0) is 21.7. The highest BCUT2D eigenvalue weighted by Gasteiger charge is 2.44. The maximum absolute atomic E-state index is 10.6. The summed E-state index contributed by atoms with van der Waals surface area (Å²) in [7, 11) is 1.75. The Bertz CT molecular complexity index is 710. The van der Waals surface area contributed by atoms with Crippen molar-refractivity contribution >= 4 is 5.97 Å². The summed E-state index contributed by atoms with van der Waals surface area (Å²) < 4.78 is 49.5. The van der Waals surface area contributed by atoms with E-state index in [4.69, 9.17) is 24.1 Å². The fourth-order valence-corrected chi connectivity index (χ4v) is 3.96. The number of hydrogen-bond acceptors (Lipinski definition) is 5. The molecule has 168 valence electrons. The molecule has 3 aliphatic rings. The Balaban J connectivity index is 0.000000318. The number of carboxylic acids is 1. The van der Waals surface area contributed by atoms with Crippen molar-refractivity contribution in [3.63, 3.8) is 0 Å². The number of halogens is 3. The molecule has 2 saturated carbocycles. The second-order valence-electron chi connectivity index (χ2n) is 7.88. The fraction of sp³-hybridized carbons (Fsp3) is 0.667. The number of fused-ring (bicyclic) bond motifs is 1. The van der Waals surface area contributed by atoms with Crippen LogP contribution in [0.15, 0.2) is 24.3 Å². The molecule has 1 N–H and O–H groups in total. The third-order valence-corrected chi connectivity index (χ3v) is 5.70. The molecule has 2 aliphatic carbocycles. The number of hydrogen-bond donors (Lipinski definition) is 1. The summed E-state index contributed by atoms with van der Waals surface area (Å²) in [5.74, 6) is -0.954. The lowest BCUT2D eigenvalue weighted by Crippen LogP contribution is -2.51. The minimum atomic E-state index is -5.08. The molecular weight excluding hydrogens is 403 g/mol. The number of morpholine rings is 1. The van der Waals surface area contributed by atoms with Gasteiger partial charge in [0.2, 0.25) is 0 Å². The molecule has 1 aromatic carbocycles. The molecule has 0 unspecified atom stereocenters. The number of alkyl halides is 3. The van der Waals surface area contributed by atoms with E-state index in [1.165, 1.54) is 24.8 Å². The summed E-state index contributed by atoms with van der Waals surface area (Å²) in [5.41, 5.74) is 1.26. The van der Waals surface area contributed by atoms with E-state index >= 15 is 0 Å². The van der Waals surface area contributed by atoms with Crippen molar-refractivity contribution in [1.29, 1.82) is 0 Å². The number of nitrogens with zero attached hydrogens (tertiary/aromatic N) is 1. The van der Waals surface area contributed by atoms with Crippen LogP contribution in [0, 0.1) is 5.92 Å². The van der Waals surface area contributed by atoms with Gasteiger partial charge in [0.25, 0.3) is 0 Å². The SMILES string of the molecule is COc1ccccc1CN1CCO[C@H]2[C@@H](OCC3CC3)CC[C@@H]21.O=C(O)C(F)(F)F. The Morgan fingerprint density at radius 3 is 2.57 bits per heavy atom. The van der Waals surface area contributed by atoms with Crippen molar-refractivity contribution in [2.75, 3.05) is 26.9 Å². The number of carboxylic acid groups (broad SMARTS) is 1. The Kier molecular flexibility index (Phi) is 7.60. The molecule has 1 aliphatic heterocycles. The monoisotopic (exact) mass is 431 g/mol. The van der Waals surface area contributed by atoms with E-state index < -0.39 is 12.1 Å². The van der Waals surface area contributed by atoms with Gasteiger partial charge in [-0.2, -0.15) is 13.2 Å². The van der Waals surface area contributed by atoms with E-state index in [1.807, 2.05) is 12.1 Å². The number of para-hydroxylation sites is 1. The van der Waals surface area contributed by atoms with E-state index in [0.29, 0.717) is 12.1 Å². The summed E-state index contributed by atoms with van der Waals surface area (Å²) in [4.78, 5) is 11.5. The van der Waals surface area contributed by atoms with Gasteiger partial charge in [-0.05, 0) is 37.7 Å². The number of aliphatic carboxylic acids is 1. The van der Waals surface area contributed by atoms with Crippen molar-refractivity contribution in [3.8, 4) is 5.75 Å². The van der Waals surface area contributed by atoms with Gasteiger partial charge in [-0.25, -0.2) is 4.79 Å². The van der Waals surface area contributed by atoms with Crippen LogP contribution in [0.2, 0.25) is 0 Å². The van der Waals surface area contributed by atoms with Gasteiger partial charge in [-0.1, -0.05) is 18.2 Å². The van der Waals surface area contributed by atoms with Crippen LogP contribution in [-0.4, -0.2) is 67.3 Å². The summed E-state index contributed by atoms with van der Waals surface area (Å²) in [6, 6.07) is 8.81. The van der Waals surface area contributed by atoms with Crippen LogP contribution in [0.25, 0.3) is 0 Å². The molecule has 1 aromatic rings. The first kappa shape index (κ1) is 22.8. The maximum Gasteiger partial charge on any atom is 0.490 e. The van der Waals surface area contributed by atoms with Crippen LogP contribution in [-0.2, 0) is 20.8 Å². The van der Waals surface area contributed by atoms with E-state index in [2.05, 4.69) is 17.0 Å². The van der Waals surface area contributed by atoms with Crippen molar-refractivity contribution in [1.82, 2.24) is 4.90 Å². The van der Waals surface area contributed by atoms with Crippen molar-refractivity contribution < 1.29 is 37.3 Å². The normalized spacial score (nSPS) is 26.5. The molecule has 0 bridgehead atoms. The van der Waals surface area contributed by atoms with E-state index in [0.717, 1.165) is 44.4 Å². The van der Waals surface area contributed by atoms with Crippen molar-refractivity contribution in [3.05, 3.63) is 29.8 Å². The fourth-order valence-electron chi connectivity index (χ4n) is 3.96. The first-order chi connectivity index (χ1) is 14.3. The molecule has 3 fully saturated rings. The molecule has 4 rings (SSSR count). The summed E-state index contributed by atoms with van der Waals surface area (Å²) in [6.07, 6.45) is 0.460. The van der Waals surface area contributed by atoms with Gasteiger partial charge in [0.15, 0.2) is 0 Å². The first-order valence-electron chi connectivity index (χ1n) is 10.2. The topological polar surface area (TPSA) is 68.2 Å². The lowest BCUT2D eigenvalue weighted by Gasteiger charge is -2.39. The molecular formula is C21H28F3NO5. The van der Waals surface area contributed by atoms with Gasteiger partial charge < -0.3 is 19.3 Å². The summed E-state index contributed by atoms with van der Waals surface area (Å²) >= 11 is 0. The van der Waals surface area contributed by atoms with E-state index in [9.17, 15) is 13.2 Å². The lowest BCUT2D eigenvalue weighted by molar-refractivity contribution is -0.192. The second-order valence-corrected chi connectivity index (χ2v) is 7.88. The first-order valence-corrected chi connectivity index (χ1v) is 10.2. The van der Waals surface area contributed by atoms with Crippen LogP contribution in [0.5, 0.6) is 5.75 Å². The zero-order valence-corrected chi connectivity index (χ0v) is 16.9. The molecule has 0 radical (unpaired) electrons. The lowest BCUT2D eigenvalue weighted by atomic mass is 10.1. The molecule has 30 heavy (non-hydrogen) atoms. The Morgan fingerprint density at radius 2 is 1.93 bits per heavy atom.